The van der Waals surface area contributed by atoms with Crippen LogP contribution >= 0.6 is 0 Å². The molecule has 2 heterocycles. The number of nitrogens with zero attached hydrogens (tertiary/aromatic N) is 5. The molecule has 0 saturated heterocycles. The third-order valence-electron chi connectivity index (χ3n) is 4.27. The van der Waals surface area contributed by atoms with Crippen molar-refractivity contribution in [3.05, 3.63) is 84.4 Å². The van der Waals surface area contributed by atoms with E-state index in [9.17, 15) is 8.42 Å². The van der Waals surface area contributed by atoms with E-state index >= 15 is 0 Å². The van der Waals surface area contributed by atoms with Gasteiger partial charge in [0.1, 0.15) is 22.6 Å². The number of hydrogen-bond acceptors (Lipinski definition) is 7. The van der Waals surface area contributed by atoms with E-state index in [0.29, 0.717) is 28.8 Å². The number of aromatic nitrogens is 4. The zero-order valence-corrected chi connectivity index (χ0v) is 17.2. The average Bonchev–Trinajstić information content (AvgIpc) is 3.30. The lowest BCUT2D eigenvalue weighted by Crippen LogP contribution is -2.14. The first-order valence-corrected chi connectivity index (χ1v) is 10.7. The van der Waals surface area contributed by atoms with Crippen molar-refractivity contribution in [2.75, 3.05) is 10.0 Å². The van der Waals surface area contributed by atoms with Crippen LogP contribution in [0.15, 0.2) is 78.0 Å². The Hall–Kier alpha value is -4.23. The number of rotatable bonds is 6. The Morgan fingerprint density at radius 1 is 1.00 bits per heavy atom. The summed E-state index contributed by atoms with van der Waals surface area (Å²) in [6.07, 6.45) is 3.45. The highest BCUT2D eigenvalue weighted by atomic mass is 32.2. The van der Waals surface area contributed by atoms with E-state index in [-0.39, 0.29) is 10.5 Å². The molecule has 0 radical (unpaired) electrons. The quantitative estimate of drug-likeness (QED) is 0.479. The molecular weight excluding hydrogens is 414 g/mol. The second kappa shape index (κ2) is 8.25. The highest BCUT2D eigenvalue weighted by molar-refractivity contribution is 7.92. The second-order valence-electron chi connectivity index (χ2n) is 6.53. The lowest BCUT2D eigenvalue weighted by Gasteiger charge is -2.11. The van der Waals surface area contributed by atoms with Crippen LogP contribution in [-0.2, 0) is 10.0 Å². The van der Waals surface area contributed by atoms with Crippen LogP contribution in [0, 0.1) is 18.3 Å². The predicted molar refractivity (Wildman–Crippen MR) is 116 cm³/mol. The Balaban J connectivity index is 1.52. The standard InChI is InChI=1S/C21H17N7O2S/c1-15-24-20(13-21(25-15)28-12-4-11-23-28)26-17-7-9-18(10-8-17)27-31(29,30)19-6-3-2-5-16(19)14-22/h2-13,27H,1H3,(H,24,25,26). The molecule has 0 fully saturated rings. The van der Waals surface area contributed by atoms with Crippen molar-refractivity contribution < 1.29 is 8.42 Å². The van der Waals surface area contributed by atoms with Crippen LogP contribution in [0.5, 0.6) is 0 Å². The maximum absolute atomic E-state index is 12.6. The number of nitrogens with one attached hydrogen (secondary N) is 2. The zero-order valence-electron chi connectivity index (χ0n) is 16.4. The molecule has 2 aromatic heterocycles. The van der Waals surface area contributed by atoms with Crippen molar-refractivity contribution in [1.82, 2.24) is 19.7 Å². The molecule has 0 amide bonds. The first-order valence-electron chi connectivity index (χ1n) is 9.19. The Labute approximate surface area is 179 Å². The minimum absolute atomic E-state index is 0.0673. The van der Waals surface area contributed by atoms with E-state index in [1.807, 2.05) is 6.07 Å². The number of benzene rings is 2. The normalized spacial score (nSPS) is 11.0. The molecule has 0 spiro atoms. The number of anilines is 3. The smallest absolute Gasteiger partial charge is 0.263 e. The maximum atomic E-state index is 12.6. The molecular formula is C21H17N7O2S. The van der Waals surface area contributed by atoms with E-state index in [4.69, 9.17) is 5.26 Å². The fourth-order valence-corrected chi connectivity index (χ4v) is 4.13. The SMILES string of the molecule is Cc1nc(Nc2ccc(NS(=O)(=O)c3ccccc3C#N)cc2)cc(-n2cccn2)n1. The van der Waals surface area contributed by atoms with Crippen LogP contribution in [0.3, 0.4) is 0 Å². The molecule has 4 rings (SSSR count). The van der Waals surface area contributed by atoms with Gasteiger partial charge in [0, 0.05) is 29.8 Å². The van der Waals surface area contributed by atoms with Crippen molar-refractivity contribution in [2.24, 2.45) is 0 Å². The fourth-order valence-electron chi connectivity index (χ4n) is 2.91. The van der Waals surface area contributed by atoms with Gasteiger partial charge in [0.25, 0.3) is 10.0 Å². The van der Waals surface area contributed by atoms with Crippen molar-refractivity contribution in [1.29, 1.82) is 5.26 Å². The summed E-state index contributed by atoms with van der Waals surface area (Å²) >= 11 is 0. The topological polar surface area (TPSA) is 126 Å². The summed E-state index contributed by atoms with van der Waals surface area (Å²) in [5.41, 5.74) is 1.17. The third-order valence-corrected chi connectivity index (χ3v) is 5.71. The molecule has 2 aromatic carbocycles. The van der Waals surface area contributed by atoms with Gasteiger partial charge in [0.2, 0.25) is 0 Å². The molecule has 10 heteroatoms. The Morgan fingerprint density at radius 2 is 1.74 bits per heavy atom. The first kappa shape index (κ1) is 20.1. The Bertz CT molecular complexity index is 1360. The molecule has 0 unspecified atom stereocenters. The van der Waals surface area contributed by atoms with E-state index < -0.39 is 10.0 Å². The van der Waals surface area contributed by atoms with Gasteiger partial charge in [0.15, 0.2) is 5.82 Å². The van der Waals surface area contributed by atoms with Crippen molar-refractivity contribution in [3.63, 3.8) is 0 Å². The summed E-state index contributed by atoms with van der Waals surface area (Å²) in [6, 6.07) is 18.2. The maximum Gasteiger partial charge on any atom is 0.263 e. The molecule has 0 saturated carbocycles. The summed E-state index contributed by atoms with van der Waals surface area (Å²) in [5.74, 6) is 1.78. The molecule has 9 nitrogen and oxygen atoms in total. The molecule has 0 aliphatic rings. The summed E-state index contributed by atoms with van der Waals surface area (Å²) in [6.45, 7) is 1.79. The van der Waals surface area contributed by atoms with Crippen LogP contribution in [0.4, 0.5) is 17.2 Å². The molecule has 0 aliphatic carbocycles. The molecule has 0 aliphatic heterocycles. The molecule has 0 atom stereocenters. The van der Waals surface area contributed by atoms with Crippen molar-refractivity contribution in [2.45, 2.75) is 11.8 Å². The van der Waals surface area contributed by atoms with Crippen LogP contribution < -0.4 is 10.0 Å². The molecule has 0 bridgehead atoms. The third kappa shape index (κ3) is 4.52. The zero-order chi connectivity index (χ0) is 21.8. The highest BCUT2D eigenvalue weighted by Gasteiger charge is 2.18. The number of nitriles is 1. The van der Waals surface area contributed by atoms with Crippen LogP contribution in [0.2, 0.25) is 0 Å². The van der Waals surface area contributed by atoms with E-state index in [0.717, 1.165) is 0 Å². The number of aryl methyl sites for hydroxylation is 1. The molecule has 2 N–H and O–H groups in total. The van der Waals surface area contributed by atoms with Gasteiger partial charge in [-0.1, -0.05) is 12.1 Å². The molecule has 154 valence electrons. The van der Waals surface area contributed by atoms with Crippen LogP contribution in [-0.4, -0.2) is 28.2 Å². The highest BCUT2D eigenvalue weighted by Crippen LogP contribution is 2.22. The van der Waals surface area contributed by atoms with E-state index in [1.165, 1.54) is 12.1 Å². The van der Waals surface area contributed by atoms with Gasteiger partial charge >= 0.3 is 0 Å². The Kier molecular flexibility index (Phi) is 5.34. The van der Waals surface area contributed by atoms with Crippen molar-refractivity contribution >= 4 is 27.2 Å². The fraction of sp³-hybridized carbons (Fsp3) is 0.0476. The molecule has 31 heavy (non-hydrogen) atoms. The van der Waals surface area contributed by atoms with E-state index in [1.54, 1.807) is 72.5 Å². The molecule has 4 aromatic rings. The van der Waals surface area contributed by atoms with Gasteiger partial charge < -0.3 is 5.32 Å². The average molecular weight is 431 g/mol. The Morgan fingerprint density at radius 3 is 2.45 bits per heavy atom. The monoisotopic (exact) mass is 431 g/mol. The van der Waals surface area contributed by atoms with Gasteiger partial charge in [0.05, 0.1) is 5.56 Å². The van der Waals surface area contributed by atoms with Gasteiger partial charge in [-0.15, -0.1) is 0 Å². The lowest BCUT2D eigenvalue weighted by atomic mass is 10.2. The first-order chi connectivity index (χ1) is 14.9. The second-order valence-corrected chi connectivity index (χ2v) is 8.18. The summed E-state index contributed by atoms with van der Waals surface area (Å²) in [7, 11) is -3.89. The van der Waals surface area contributed by atoms with Gasteiger partial charge in [-0.2, -0.15) is 10.4 Å². The minimum atomic E-state index is -3.89. The van der Waals surface area contributed by atoms with Gasteiger partial charge in [-0.25, -0.2) is 23.1 Å². The number of sulfonamides is 1. The summed E-state index contributed by atoms with van der Waals surface area (Å²) in [5, 5.41) is 16.5. The van der Waals surface area contributed by atoms with Crippen LogP contribution in [0.25, 0.3) is 5.82 Å². The largest absolute Gasteiger partial charge is 0.340 e. The minimum Gasteiger partial charge on any atom is -0.340 e. The van der Waals surface area contributed by atoms with Gasteiger partial charge in [-0.3, -0.25) is 4.72 Å². The van der Waals surface area contributed by atoms with E-state index in [2.05, 4.69) is 25.1 Å². The van der Waals surface area contributed by atoms with Gasteiger partial charge in [-0.05, 0) is 49.4 Å². The van der Waals surface area contributed by atoms with Crippen molar-refractivity contribution in [3.8, 4) is 11.9 Å². The number of hydrogen-bond donors (Lipinski definition) is 2. The van der Waals surface area contributed by atoms with Crippen LogP contribution in [0.1, 0.15) is 11.4 Å². The summed E-state index contributed by atoms with van der Waals surface area (Å²) in [4.78, 5) is 8.67. The lowest BCUT2D eigenvalue weighted by molar-refractivity contribution is 0.601. The summed E-state index contributed by atoms with van der Waals surface area (Å²) < 4.78 is 29.4. The predicted octanol–water partition coefficient (Wildman–Crippen LogP) is 3.39.